The molecule has 0 aliphatic carbocycles. The number of ether oxygens (including phenoxy) is 1. The van der Waals surface area contributed by atoms with E-state index in [4.69, 9.17) is 4.74 Å². The van der Waals surface area contributed by atoms with Gasteiger partial charge in [0.25, 0.3) is 0 Å². The first-order chi connectivity index (χ1) is 18.5. The smallest absolute Gasteiger partial charge is 0.244 e. The number of nitrogens with zero attached hydrogens (tertiary/aromatic N) is 2. The van der Waals surface area contributed by atoms with Crippen molar-refractivity contribution in [1.82, 2.24) is 10.2 Å². The first kappa shape index (κ1) is 29.7. The molecule has 0 aliphatic heterocycles. The SMILES string of the molecule is CC[C@H](C)NC(=O)[C@@H](C)N(Cc1ccccc1C)C(=O)CN(c1ccc(Oc2ccccc2)cc1)S(C)(=O)=O. The third-order valence-corrected chi connectivity index (χ3v) is 7.69. The molecule has 0 heterocycles. The molecule has 3 aromatic carbocycles. The Balaban J connectivity index is 1.87. The van der Waals surface area contributed by atoms with Gasteiger partial charge in [-0.15, -0.1) is 0 Å². The first-order valence-corrected chi connectivity index (χ1v) is 14.8. The molecule has 3 rings (SSSR count). The van der Waals surface area contributed by atoms with E-state index in [-0.39, 0.29) is 18.5 Å². The molecular formula is C30H37N3O5S. The van der Waals surface area contributed by atoms with Gasteiger partial charge in [-0.25, -0.2) is 8.42 Å². The topological polar surface area (TPSA) is 96.0 Å². The van der Waals surface area contributed by atoms with Crippen LogP contribution in [0.15, 0.2) is 78.9 Å². The first-order valence-electron chi connectivity index (χ1n) is 12.9. The molecule has 1 N–H and O–H groups in total. The normalized spacial score (nSPS) is 12.7. The Morgan fingerprint density at radius 3 is 2.08 bits per heavy atom. The van der Waals surface area contributed by atoms with Crippen molar-refractivity contribution in [3.05, 3.63) is 90.0 Å². The molecule has 3 aromatic rings. The lowest BCUT2D eigenvalue weighted by Gasteiger charge is -2.32. The number of para-hydroxylation sites is 1. The van der Waals surface area contributed by atoms with Crippen molar-refractivity contribution in [2.75, 3.05) is 17.1 Å². The van der Waals surface area contributed by atoms with Crippen LogP contribution in [-0.2, 0) is 26.2 Å². The Bertz CT molecular complexity index is 1360. The average molecular weight is 552 g/mol. The number of amides is 2. The Labute approximate surface area is 231 Å². The molecule has 9 heteroatoms. The van der Waals surface area contributed by atoms with Crippen molar-refractivity contribution in [3.63, 3.8) is 0 Å². The van der Waals surface area contributed by atoms with E-state index in [9.17, 15) is 18.0 Å². The van der Waals surface area contributed by atoms with Gasteiger partial charge < -0.3 is 15.0 Å². The van der Waals surface area contributed by atoms with E-state index < -0.39 is 28.5 Å². The Hall–Kier alpha value is -3.85. The Kier molecular flexibility index (Phi) is 10.1. The standard InChI is InChI=1S/C30H37N3O5S/c1-6-23(3)31-30(35)24(4)32(20-25-13-11-10-12-22(25)2)29(34)21-33(39(5,36)37)26-16-18-28(19-17-26)38-27-14-8-7-9-15-27/h7-19,23-24H,6,20-21H2,1-5H3,(H,31,35)/t23-,24+/m0/s1. The van der Waals surface area contributed by atoms with Gasteiger partial charge in [0, 0.05) is 12.6 Å². The van der Waals surface area contributed by atoms with Crippen LogP contribution < -0.4 is 14.4 Å². The summed E-state index contributed by atoms with van der Waals surface area (Å²) in [6.45, 7) is 7.17. The third-order valence-electron chi connectivity index (χ3n) is 6.55. The summed E-state index contributed by atoms with van der Waals surface area (Å²) in [6, 6.07) is 22.5. The van der Waals surface area contributed by atoms with Crippen molar-refractivity contribution in [3.8, 4) is 11.5 Å². The van der Waals surface area contributed by atoms with E-state index in [0.717, 1.165) is 28.1 Å². The van der Waals surface area contributed by atoms with Gasteiger partial charge in [-0.3, -0.25) is 13.9 Å². The predicted molar refractivity (Wildman–Crippen MR) is 154 cm³/mol. The summed E-state index contributed by atoms with van der Waals surface area (Å²) in [4.78, 5) is 28.2. The number of rotatable bonds is 12. The number of sulfonamides is 1. The van der Waals surface area contributed by atoms with Gasteiger partial charge in [-0.05, 0) is 74.7 Å². The monoisotopic (exact) mass is 551 g/mol. The predicted octanol–water partition coefficient (Wildman–Crippen LogP) is 4.89. The van der Waals surface area contributed by atoms with Crippen molar-refractivity contribution in [2.24, 2.45) is 0 Å². The minimum atomic E-state index is -3.82. The largest absolute Gasteiger partial charge is 0.457 e. The van der Waals surface area contributed by atoms with E-state index in [1.165, 1.54) is 4.90 Å². The number of anilines is 1. The van der Waals surface area contributed by atoms with Gasteiger partial charge in [0.1, 0.15) is 24.1 Å². The summed E-state index contributed by atoms with van der Waals surface area (Å²) in [7, 11) is -3.82. The summed E-state index contributed by atoms with van der Waals surface area (Å²) in [5.41, 5.74) is 2.17. The van der Waals surface area contributed by atoms with Crippen LogP contribution in [0.2, 0.25) is 0 Å². The van der Waals surface area contributed by atoms with Crippen LogP contribution in [0.4, 0.5) is 5.69 Å². The molecule has 208 valence electrons. The fraction of sp³-hybridized carbons (Fsp3) is 0.333. The maximum absolute atomic E-state index is 13.7. The van der Waals surface area contributed by atoms with Gasteiger partial charge in [-0.2, -0.15) is 0 Å². The van der Waals surface area contributed by atoms with Crippen LogP contribution in [0.5, 0.6) is 11.5 Å². The number of carbonyl (C=O) groups is 2. The van der Waals surface area contributed by atoms with Crippen LogP contribution in [0.3, 0.4) is 0 Å². The van der Waals surface area contributed by atoms with E-state index in [1.807, 2.05) is 75.4 Å². The van der Waals surface area contributed by atoms with Crippen molar-refractivity contribution >= 4 is 27.5 Å². The highest BCUT2D eigenvalue weighted by Crippen LogP contribution is 2.26. The number of aryl methyl sites for hydroxylation is 1. The number of carbonyl (C=O) groups excluding carboxylic acids is 2. The summed E-state index contributed by atoms with van der Waals surface area (Å²) in [5.74, 6) is 0.401. The lowest BCUT2D eigenvalue weighted by molar-refractivity contribution is -0.139. The lowest BCUT2D eigenvalue weighted by atomic mass is 10.1. The summed E-state index contributed by atoms with van der Waals surface area (Å²) in [6.07, 6.45) is 1.80. The molecule has 0 aliphatic rings. The van der Waals surface area contributed by atoms with Gasteiger partial charge in [0.15, 0.2) is 0 Å². The maximum Gasteiger partial charge on any atom is 0.244 e. The highest BCUT2D eigenvalue weighted by molar-refractivity contribution is 7.92. The Morgan fingerprint density at radius 2 is 1.49 bits per heavy atom. The van der Waals surface area contributed by atoms with E-state index in [1.54, 1.807) is 31.2 Å². The quantitative estimate of drug-likeness (QED) is 0.346. The average Bonchev–Trinajstić information content (AvgIpc) is 2.91. The molecule has 0 spiro atoms. The van der Waals surface area contributed by atoms with Gasteiger partial charge in [-0.1, -0.05) is 49.4 Å². The number of hydrogen-bond donors (Lipinski definition) is 1. The minimum Gasteiger partial charge on any atom is -0.457 e. The lowest BCUT2D eigenvalue weighted by Crippen LogP contribution is -2.52. The van der Waals surface area contributed by atoms with Crippen molar-refractivity contribution in [2.45, 2.75) is 52.7 Å². The third kappa shape index (κ3) is 8.32. The molecule has 39 heavy (non-hydrogen) atoms. The van der Waals surface area contributed by atoms with Crippen LogP contribution in [0.1, 0.15) is 38.3 Å². The van der Waals surface area contributed by atoms with Gasteiger partial charge >= 0.3 is 0 Å². The molecule has 0 saturated carbocycles. The van der Waals surface area contributed by atoms with Gasteiger partial charge in [0.05, 0.1) is 11.9 Å². The van der Waals surface area contributed by atoms with E-state index in [0.29, 0.717) is 17.2 Å². The summed E-state index contributed by atoms with van der Waals surface area (Å²) >= 11 is 0. The summed E-state index contributed by atoms with van der Waals surface area (Å²) < 4.78 is 32.5. The van der Waals surface area contributed by atoms with Crippen molar-refractivity contribution in [1.29, 1.82) is 0 Å². The molecule has 0 radical (unpaired) electrons. The second kappa shape index (κ2) is 13.3. The fourth-order valence-electron chi connectivity index (χ4n) is 3.94. The van der Waals surface area contributed by atoms with E-state index in [2.05, 4.69) is 5.32 Å². The fourth-order valence-corrected chi connectivity index (χ4v) is 4.79. The Morgan fingerprint density at radius 1 is 0.897 bits per heavy atom. The van der Waals surface area contributed by atoms with Crippen molar-refractivity contribution < 1.29 is 22.7 Å². The molecular weight excluding hydrogens is 514 g/mol. The summed E-state index contributed by atoms with van der Waals surface area (Å²) in [5, 5.41) is 2.93. The maximum atomic E-state index is 13.7. The molecule has 0 unspecified atom stereocenters. The molecule has 0 aromatic heterocycles. The molecule has 2 amide bonds. The molecule has 0 fully saturated rings. The van der Waals surface area contributed by atoms with Crippen LogP contribution >= 0.6 is 0 Å². The zero-order valence-electron chi connectivity index (χ0n) is 23.1. The van der Waals surface area contributed by atoms with Crippen LogP contribution in [0.25, 0.3) is 0 Å². The number of nitrogens with one attached hydrogen (secondary N) is 1. The van der Waals surface area contributed by atoms with Crippen LogP contribution in [-0.4, -0.2) is 50.0 Å². The zero-order valence-corrected chi connectivity index (χ0v) is 23.9. The number of benzene rings is 3. The van der Waals surface area contributed by atoms with Crippen LogP contribution in [0, 0.1) is 6.92 Å². The minimum absolute atomic E-state index is 0.0560. The highest BCUT2D eigenvalue weighted by Gasteiger charge is 2.30. The second-order valence-corrected chi connectivity index (χ2v) is 11.5. The molecule has 8 nitrogen and oxygen atoms in total. The molecule has 0 saturated heterocycles. The number of hydrogen-bond acceptors (Lipinski definition) is 5. The zero-order chi connectivity index (χ0) is 28.6. The van der Waals surface area contributed by atoms with E-state index >= 15 is 0 Å². The molecule has 0 bridgehead atoms. The highest BCUT2D eigenvalue weighted by atomic mass is 32.2. The van der Waals surface area contributed by atoms with Gasteiger partial charge in [0.2, 0.25) is 21.8 Å². The second-order valence-electron chi connectivity index (χ2n) is 9.62. The molecule has 2 atom stereocenters.